The number of pyridine rings is 1. The van der Waals surface area contributed by atoms with Crippen molar-refractivity contribution < 1.29 is 4.79 Å². The summed E-state index contributed by atoms with van der Waals surface area (Å²) >= 11 is 3.22. The van der Waals surface area contributed by atoms with Crippen molar-refractivity contribution in [3.05, 3.63) is 84.2 Å². The number of fused-ring (bicyclic) bond motifs is 1. The summed E-state index contributed by atoms with van der Waals surface area (Å²) in [7, 11) is 0. The first kappa shape index (κ1) is 18.7. The molecule has 6 heteroatoms. The summed E-state index contributed by atoms with van der Waals surface area (Å²) in [4.78, 5) is 25.1. The Bertz CT molecular complexity index is 1080. The van der Waals surface area contributed by atoms with E-state index in [4.69, 9.17) is 4.98 Å². The van der Waals surface area contributed by atoms with Gasteiger partial charge in [0.2, 0.25) is 5.91 Å². The second kappa shape index (κ2) is 8.54. The molecule has 0 unspecified atom stereocenters. The summed E-state index contributed by atoms with van der Waals surface area (Å²) in [6.45, 7) is 0.452. The molecule has 0 radical (unpaired) electrons. The highest BCUT2D eigenvalue weighted by Crippen LogP contribution is 2.34. The maximum absolute atomic E-state index is 13.2. The highest BCUT2D eigenvalue weighted by atomic mass is 32.2. The predicted molar refractivity (Wildman–Crippen MR) is 117 cm³/mol. The summed E-state index contributed by atoms with van der Waals surface area (Å²) in [5.41, 5.74) is 2.93. The molecule has 0 N–H and O–H groups in total. The summed E-state index contributed by atoms with van der Waals surface area (Å²) in [6, 6.07) is 19.8. The van der Waals surface area contributed by atoms with Crippen molar-refractivity contribution in [2.75, 3.05) is 11.2 Å². The van der Waals surface area contributed by atoms with Gasteiger partial charge in [0.1, 0.15) is 0 Å². The molecule has 4 aromatic rings. The minimum absolute atomic E-state index is 0.0276. The Morgan fingerprint density at radius 3 is 2.61 bits per heavy atom. The van der Waals surface area contributed by atoms with E-state index in [-0.39, 0.29) is 5.91 Å². The van der Waals surface area contributed by atoms with Crippen LogP contribution in [-0.2, 0) is 17.8 Å². The Kier molecular flexibility index (Phi) is 5.69. The van der Waals surface area contributed by atoms with E-state index in [9.17, 15) is 4.79 Å². The van der Waals surface area contributed by atoms with Gasteiger partial charge in [0.05, 0.1) is 23.2 Å². The molecule has 2 aromatic heterocycles. The van der Waals surface area contributed by atoms with E-state index in [1.807, 2.05) is 54.8 Å². The van der Waals surface area contributed by atoms with Crippen LogP contribution in [0, 0.1) is 0 Å². The molecule has 2 heterocycles. The molecule has 0 aliphatic heterocycles. The zero-order chi connectivity index (χ0) is 19.3. The van der Waals surface area contributed by atoms with E-state index in [0.717, 1.165) is 31.4 Å². The molecule has 1 amide bonds. The lowest BCUT2D eigenvalue weighted by Gasteiger charge is -2.20. The van der Waals surface area contributed by atoms with Gasteiger partial charge in [-0.2, -0.15) is 0 Å². The lowest BCUT2D eigenvalue weighted by molar-refractivity contribution is -0.118. The zero-order valence-electron chi connectivity index (χ0n) is 15.4. The van der Waals surface area contributed by atoms with Crippen molar-refractivity contribution in [1.29, 1.82) is 0 Å². The molecular formula is C22H19N3OS2. The van der Waals surface area contributed by atoms with Crippen molar-refractivity contribution in [1.82, 2.24) is 9.97 Å². The first-order valence-electron chi connectivity index (χ1n) is 8.91. The Hall–Kier alpha value is -2.70. The Balaban J connectivity index is 1.71. The Labute approximate surface area is 172 Å². The molecule has 0 aliphatic carbocycles. The Morgan fingerprint density at radius 1 is 1.04 bits per heavy atom. The van der Waals surface area contributed by atoms with Gasteiger partial charge in [-0.1, -0.05) is 53.8 Å². The van der Waals surface area contributed by atoms with Crippen molar-refractivity contribution in [2.45, 2.75) is 17.9 Å². The largest absolute Gasteiger partial charge is 0.283 e. The molecule has 0 saturated heterocycles. The van der Waals surface area contributed by atoms with Crippen LogP contribution in [0.5, 0.6) is 0 Å². The number of hydrogen-bond donors (Lipinski definition) is 0. The normalized spacial score (nSPS) is 10.9. The number of para-hydroxylation sites is 1. The second-order valence-corrected chi connectivity index (χ2v) is 8.16. The second-order valence-electron chi connectivity index (χ2n) is 6.31. The van der Waals surface area contributed by atoms with Crippen LogP contribution in [0.15, 0.2) is 78.0 Å². The van der Waals surface area contributed by atoms with E-state index in [1.54, 1.807) is 40.4 Å². The smallest absolute Gasteiger partial charge is 0.233 e. The highest BCUT2D eigenvalue weighted by Gasteiger charge is 2.21. The number of thiazole rings is 1. The summed E-state index contributed by atoms with van der Waals surface area (Å²) in [6.07, 6.45) is 5.92. The quantitative estimate of drug-likeness (QED) is 0.414. The van der Waals surface area contributed by atoms with Gasteiger partial charge >= 0.3 is 0 Å². The van der Waals surface area contributed by atoms with Crippen LogP contribution < -0.4 is 4.90 Å². The number of nitrogens with zero attached hydrogens (tertiary/aromatic N) is 3. The van der Waals surface area contributed by atoms with Crippen LogP contribution in [0.3, 0.4) is 0 Å². The third kappa shape index (κ3) is 4.08. The van der Waals surface area contributed by atoms with Gasteiger partial charge in [0.15, 0.2) is 5.13 Å². The van der Waals surface area contributed by atoms with E-state index in [0.29, 0.717) is 13.0 Å². The molecule has 0 atom stereocenters. The number of hydrogen-bond acceptors (Lipinski definition) is 5. The molecule has 4 rings (SSSR count). The van der Waals surface area contributed by atoms with E-state index < -0.39 is 0 Å². The molecule has 0 spiro atoms. The number of carbonyl (C=O) groups excluding carboxylic acids is 1. The highest BCUT2D eigenvalue weighted by molar-refractivity contribution is 7.98. The minimum atomic E-state index is 0.0276. The SMILES string of the molecule is CSc1cccc2sc(N(Cc3cccnc3)C(=O)Cc3ccccc3)nc12. The van der Waals surface area contributed by atoms with Gasteiger partial charge in [-0.15, -0.1) is 11.8 Å². The van der Waals surface area contributed by atoms with Crippen LogP contribution in [0.2, 0.25) is 0 Å². The molecule has 0 fully saturated rings. The maximum atomic E-state index is 13.2. The molecule has 0 bridgehead atoms. The first-order chi connectivity index (χ1) is 13.7. The van der Waals surface area contributed by atoms with Gasteiger partial charge in [0, 0.05) is 17.3 Å². The lowest BCUT2D eigenvalue weighted by Crippen LogP contribution is -2.31. The van der Waals surface area contributed by atoms with Gasteiger partial charge in [-0.3, -0.25) is 14.7 Å². The van der Waals surface area contributed by atoms with Crippen molar-refractivity contribution >= 4 is 44.4 Å². The average Bonchev–Trinajstić information content (AvgIpc) is 3.17. The van der Waals surface area contributed by atoms with Gasteiger partial charge in [-0.25, -0.2) is 4.98 Å². The third-order valence-corrected chi connectivity index (χ3v) is 6.20. The van der Waals surface area contributed by atoms with E-state index in [2.05, 4.69) is 17.1 Å². The maximum Gasteiger partial charge on any atom is 0.233 e. The van der Waals surface area contributed by atoms with E-state index in [1.165, 1.54) is 0 Å². The zero-order valence-corrected chi connectivity index (χ0v) is 17.0. The minimum Gasteiger partial charge on any atom is -0.283 e. The third-order valence-electron chi connectivity index (χ3n) is 4.38. The van der Waals surface area contributed by atoms with Crippen molar-refractivity contribution in [3.63, 3.8) is 0 Å². The fourth-order valence-corrected chi connectivity index (χ4v) is 4.63. The predicted octanol–water partition coefficient (Wildman–Crippen LogP) is 5.19. The molecular weight excluding hydrogens is 386 g/mol. The van der Waals surface area contributed by atoms with Crippen LogP contribution in [0.4, 0.5) is 5.13 Å². The molecule has 140 valence electrons. The molecule has 0 aliphatic rings. The number of aromatic nitrogens is 2. The van der Waals surface area contributed by atoms with Gasteiger partial charge in [0.25, 0.3) is 0 Å². The molecule has 2 aromatic carbocycles. The fraction of sp³-hybridized carbons (Fsp3) is 0.136. The number of anilines is 1. The fourth-order valence-electron chi connectivity index (χ4n) is 2.99. The lowest BCUT2D eigenvalue weighted by atomic mass is 10.1. The van der Waals surface area contributed by atoms with Crippen LogP contribution >= 0.6 is 23.1 Å². The van der Waals surface area contributed by atoms with Gasteiger partial charge < -0.3 is 0 Å². The summed E-state index contributed by atoms with van der Waals surface area (Å²) < 4.78 is 1.09. The van der Waals surface area contributed by atoms with Crippen molar-refractivity contribution in [2.24, 2.45) is 0 Å². The van der Waals surface area contributed by atoms with Crippen LogP contribution in [0.1, 0.15) is 11.1 Å². The van der Waals surface area contributed by atoms with Gasteiger partial charge in [-0.05, 0) is 35.6 Å². The van der Waals surface area contributed by atoms with Crippen LogP contribution in [-0.4, -0.2) is 22.1 Å². The topological polar surface area (TPSA) is 46.1 Å². The summed E-state index contributed by atoms with van der Waals surface area (Å²) in [5.74, 6) is 0.0276. The molecule has 0 saturated carbocycles. The average molecular weight is 406 g/mol. The number of amides is 1. The van der Waals surface area contributed by atoms with Crippen LogP contribution in [0.25, 0.3) is 10.2 Å². The first-order valence-corrected chi connectivity index (χ1v) is 11.0. The number of benzene rings is 2. The van der Waals surface area contributed by atoms with Crippen molar-refractivity contribution in [3.8, 4) is 0 Å². The number of carbonyl (C=O) groups is 1. The standard InChI is InChI=1S/C22H19N3OS2/c1-27-18-10-5-11-19-21(18)24-22(28-19)25(15-17-9-6-12-23-14-17)20(26)13-16-7-3-2-4-8-16/h2-12,14H,13,15H2,1H3. The van der Waals surface area contributed by atoms with E-state index >= 15 is 0 Å². The monoisotopic (exact) mass is 405 g/mol. The Morgan fingerprint density at radius 2 is 1.86 bits per heavy atom. The number of rotatable bonds is 6. The molecule has 28 heavy (non-hydrogen) atoms. The summed E-state index contributed by atoms with van der Waals surface area (Å²) in [5, 5.41) is 0.723. The molecule has 4 nitrogen and oxygen atoms in total. The number of thioether (sulfide) groups is 1.